The van der Waals surface area contributed by atoms with Gasteiger partial charge >= 0.3 is 6.16 Å². The van der Waals surface area contributed by atoms with E-state index in [0.29, 0.717) is 5.92 Å². The number of benzene rings is 1. The molecule has 0 saturated carbocycles. The van der Waals surface area contributed by atoms with Crippen molar-refractivity contribution in [1.82, 2.24) is 4.90 Å². The molecule has 0 amide bonds. The first-order valence-electron chi connectivity index (χ1n) is 8.45. The molecule has 0 bridgehead atoms. The lowest BCUT2D eigenvalue weighted by atomic mass is 9.90. The van der Waals surface area contributed by atoms with Crippen LogP contribution in [-0.4, -0.2) is 50.5 Å². The van der Waals surface area contributed by atoms with Crippen LogP contribution in [0.2, 0.25) is 0 Å². The average Bonchev–Trinajstić information content (AvgIpc) is 2.60. The fourth-order valence-corrected chi connectivity index (χ4v) is 3.55. The normalized spacial score (nSPS) is 24.4. The van der Waals surface area contributed by atoms with Gasteiger partial charge in [0.2, 0.25) is 0 Å². The number of likely N-dealkylation sites (tertiary alicyclic amines) is 1. The maximum atomic E-state index is 11.3. The highest BCUT2D eigenvalue weighted by molar-refractivity contribution is 5.59. The van der Waals surface area contributed by atoms with Crippen molar-refractivity contribution in [3.05, 3.63) is 29.8 Å². The molecule has 126 valence electrons. The van der Waals surface area contributed by atoms with Gasteiger partial charge in [-0.2, -0.15) is 0 Å². The van der Waals surface area contributed by atoms with Gasteiger partial charge in [0.1, 0.15) is 11.9 Å². The van der Waals surface area contributed by atoms with E-state index in [9.17, 15) is 4.79 Å². The van der Waals surface area contributed by atoms with Crippen LogP contribution in [0.25, 0.3) is 0 Å². The van der Waals surface area contributed by atoms with E-state index in [1.807, 2.05) is 6.07 Å². The van der Waals surface area contributed by atoms with Crippen molar-refractivity contribution >= 4 is 6.16 Å². The zero-order valence-corrected chi connectivity index (χ0v) is 13.7. The number of para-hydroxylation sites is 1. The minimum Gasteiger partial charge on any atom is -0.493 e. The highest BCUT2D eigenvalue weighted by atomic mass is 16.7. The van der Waals surface area contributed by atoms with Gasteiger partial charge in [-0.1, -0.05) is 18.2 Å². The molecule has 1 saturated heterocycles. The third-order valence-electron chi connectivity index (χ3n) is 4.77. The van der Waals surface area contributed by atoms with E-state index < -0.39 is 6.16 Å². The second kappa shape index (κ2) is 7.68. The summed E-state index contributed by atoms with van der Waals surface area (Å²) in [5.41, 5.74) is 1.33. The first-order chi connectivity index (χ1) is 11.3. The van der Waals surface area contributed by atoms with E-state index in [-0.39, 0.29) is 6.10 Å². The average molecular weight is 319 g/mol. The van der Waals surface area contributed by atoms with Gasteiger partial charge in [-0.3, -0.25) is 4.90 Å². The van der Waals surface area contributed by atoms with Gasteiger partial charge in [-0.15, -0.1) is 0 Å². The smallest absolute Gasteiger partial charge is 0.493 e. The van der Waals surface area contributed by atoms with Gasteiger partial charge in [0.05, 0.1) is 13.7 Å². The molecule has 0 aliphatic carbocycles. The second-order valence-corrected chi connectivity index (χ2v) is 6.30. The molecule has 3 rings (SSSR count). The number of piperidine rings is 1. The van der Waals surface area contributed by atoms with Crippen molar-refractivity contribution in [1.29, 1.82) is 0 Å². The Hall–Kier alpha value is -1.75. The molecule has 0 radical (unpaired) electrons. The fraction of sp³-hybridized carbons (Fsp3) is 0.611. The topological polar surface area (TPSA) is 48.0 Å². The Morgan fingerprint density at radius 2 is 2.22 bits per heavy atom. The van der Waals surface area contributed by atoms with Crippen molar-refractivity contribution in [3.8, 4) is 5.75 Å². The molecule has 0 spiro atoms. The first kappa shape index (κ1) is 16.1. The molecule has 5 nitrogen and oxygen atoms in total. The van der Waals surface area contributed by atoms with Crippen LogP contribution >= 0.6 is 0 Å². The van der Waals surface area contributed by atoms with E-state index in [4.69, 9.17) is 9.47 Å². The van der Waals surface area contributed by atoms with Gasteiger partial charge < -0.3 is 14.2 Å². The minimum atomic E-state index is -0.574. The molecule has 0 N–H and O–H groups in total. The van der Waals surface area contributed by atoms with E-state index in [1.165, 1.54) is 12.7 Å². The number of methoxy groups -OCH3 is 1. The number of carbonyl (C=O) groups is 1. The highest BCUT2D eigenvalue weighted by Crippen LogP contribution is 2.35. The molecular formula is C18H25NO4. The SMILES string of the molecule is COC(=O)OC1CCCN(CCC2CCOc3ccccc32)C1. The molecule has 2 atom stereocenters. The maximum Gasteiger partial charge on any atom is 0.508 e. The Labute approximate surface area is 137 Å². The van der Waals surface area contributed by atoms with Crippen molar-refractivity contribution in [2.75, 3.05) is 33.4 Å². The summed E-state index contributed by atoms with van der Waals surface area (Å²) in [6.45, 7) is 3.71. The number of rotatable bonds is 4. The first-order valence-corrected chi connectivity index (χ1v) is 8.45. The van der Waals surface area contributed by atoms with Gasteiger partial charge in [0.25, 0.3) is 0 Å². The highest BCUT2D eigenvalue weighted by Gasteiger charge is 2.26. The van der Waals surface area contributed by atoms with Crippen LogP contribution in [0.4, 0.5) is 4.79 Å². The molecule has 1 aromatic rings. The molecule has 2 aliphatic rings. The van der Waals surface area contributed by atoms with E-state index >= 15 is 0 Å². The number of hydrogen-bond donors (Lipinski definition) is 0. The van der Waals surface area contributed by atoms with Crippen LogP contribution in [-0.2, 0) is 9.47 Å². The van der Waals surface area contributed by atoms with Crippen molar-refractivity contribution in [2.45, 2.75) is 37.7 Å². The van der Waals surface area contributed by atoms with Crippen LogP contribution in [0.15, 0.2) is 24.3 Å². The summed E-state index contributed by atoms with van der Waals surface area (Å²) in [6, 6.07) is 8.35. The number of carbonyl (C=O) groups excluding carboxylic acids is 1. The predicted molar refractivity (Wildman–Crippen MR) is 86.9 cm³/mol. The van der Waals surface area contributed by atoms with Gasteiger partial charge in [0.15, 0.2) is 0 Å². The standard InChI is InChI=1S/C18H25NO4/c1-21-18(20)23-15-5-4-10-19(13-15)11-8-14-9-12-22-17-7-3-2-6-16(14)17/h2-3,6-7,14-15H,4-5,8-13H2,1H3. The molecule has 0 aromatic heterocycles. The van der Waals surface area contributed by atoms with E-state index in [1.54, 1.807) is 0 Å². The summed E-state index contributed by atoms with van der Waals surface area (Å²) in [7, 11) is 1.35. The number of ether oxygens (including phenoxy) is 3. The molecule has 1 aromatic carbocycles. The van der Waals surface area contributed by atoms with Crippen LogP contribution in [0.5, 0.6) is 5.75 Å². The lowest BCUT2D eigenvalue weighted by Gasteiger charge is -2.33. The molecule has 23 heavy (non-hydrogen) atoms. The van der Waals surface area contributed by atoms with Crippen molar-refractivity contribution < 1.29 is 19.0 Å². The molecule has 2 unspecified atom stereocenters. The Kier molecular flexibility index (Phi) is 5.39. The summed E-state index contributed by atoms with van der Waals surface area (Å²) in [5.74, 6) is 1.59. The Morgan fingerprint density at radius 3 is 3.09 bits per heavy atom. The summed E-state index contributed by atoms with van der Waals surface area (Å²) < 4.78 is 15.6. The monoisotopic (exact) mass is 319 g/mol. The van der Waals surface area contributed by atoms with Gasteiger partial charge in [-0.05, 0) is 56.3 Å². The summed E-state index contributed by atoms with van der Waals surface area (Å²) in [4.78, 5) is 13.7. The summed E-state index contributed by atoms with van der Waals surface area (Å²) in [5, 5.41) is 0. The lowest BCUT2D eigenvalue weighted by Crippen LogP contribution is -2.41. The molecular weight excluding hydrogens is 294 g/mol. The second-order valence-electron chi connectivity index (χ2n) is 6.30. The molecule has 2 heterocycles. The van der Waals surface area contributed by atoms with Crippen LogP contribution in [0.3, 0.4) is 0 Å². The van der Waals surface area contributed by atoms with E-state index in [0.717, 1.165) is 57.7 Å². The fourth-order valence-electron chi connectivity index (χ4n) is 3.55. The summed E-state index contributed by atoms with van der Waals surface area (Å²) in [6.07, 6.45) is 3.56. The summed E-state index contributed by atoms with van der Waals surface area (Å²) >= 11 is 0. The third-order valence-corrected chi connectivity index (χ3v) is 4.77. The number of nitrogens with zero attached hydrogens (tertiary/aromatic N) is 1. The Morgan fingerprint density at radius 1 is 1.35 bits per heavy atom. The third kappa shape index (κ3) is 4.16. The largest absolute Gasteiger partial charge is 0.508 e. The quantitative estimate of drug-likeness (QED) is 0.798. The maximum absolute atomic E-state index is 11.3. The van der Waals surface area contributed by atoms with Crippen molar-refractivity contribution in [3.63, 3.8) is 0 Å². The van der Waals surface area contributed by atoms with Crippen molar-refractivity contribution in [2.24, 2.45) is 0 Å². The zero-order valence-electron chi connectivity index (χ0n) is 13.7. The Balaban J connectivity index is 1.51. The molecule has 2 aliphatic heterocycles. The number of fused-ring (bicyclic) bond motifs is 1. The van der Waals surface area contributed by atoms with Gasteiger partial charge in [-0.25, -0.2) is 4.79 Å². The van der Waals surface area contributed by atoms with Crippen LogP contribution < -0.4 is 4.74 Å². The van der Waals surface area contributed by atoms with E-state index in [2.05, 4.69) is 27.8 Å². The van der Waals surface area contributed by atoms with Gasteiger partial charge in [0, 0.05) is 6.54 Å². The molecule has 1 fully saturated rings. The Bertz CT molecular complexity index is 534. The number of hydrogen-bond acceptors (Lipinski definition) is 5. The molecule has 5 heteroatoms. The minimum absolute atomic E-state index is 0.0434. The lowest BCUT2D eigenvalue weighted by molar-refractivity contribution is 0.00330. The zero-order chi connectivity index (χ0) is 16.1. The predicted octanol–water partition coefficient (Wildman–Crippen LogP) is 3.19. The van der Waals surface area contributed by atoms with Crippen LogP contribution in [0, 0.1) is 0 Å². The van der Waals surface area contributed by atoms with Crippen LogP contribution in [0.1, 0.15) is 37.2 Å².